The van der Waals surface area contributed by atoms with Crippen LogP contribution in [-0.4, -0.2) is 27.7 Å². The van der Waals surface area contributed by atoms with Gasteiger partial charge < -0.3 is 4.74 Å². The van der Waals surface area contributed by atoms with Gasteiger partial charge in [0.15, 0.2) is 11.3 Å². The molecular formula is C9H9N3O2. The number of aryl methyl sites for hydroxylation is 1. The molecule has 0 aliphatic heterocycles. The summed E-state index contributed by atoms with van der Waals surface area (Å²) in [4.78, 5) is 15.6. The highest BCUT2D eigenvalue weighted by molar-refractivity contribution is 5.88. The Kier molecular flexibility index (Phi) is 1.92. The van der Waals surface area contributed by atoms with Crippen LogP contribution in [0.4, 0.5) is 0 Å². The first-order valence-corrected chi connectivity index (χ1v) is 4.12. The van der Waals surface area contributed by atoms with Gasteiger partial charge in [0.25, 0.3) is 0 Å². The summed E-state index contributed by atoms with van der Waals surface area (Å²) in [6.07, 6.45) is 1.59. The molecule has 0 aliphatic carbocycles. The Morgan fingerprint density at radius 2 is 2.36 bits per heavy atom. The van der Waals surface area contributed by atoms with Crippen molar-refractivity contribution in [3.05, 3.63) is 29.7 Å². The fourth-order valence-electron chi connectivity index (χ4n) is 1.29. The highest BCUT2D eigenvalue weighted by Gasteiger charge is 2.12. The van der Waals surface area contributed by atoms with Crippen molar-refractivity contribution in [1.82, 2.24) is 14.6 Å². The summed E-state index contributed by atoms with van der Waals surface area (Å²) in [6.45, 7) is 1.82. The van der Waals surface area contributed by atoms with Gasteiger partial charge in [0.1, 0.15) is 0 Å². The van der Waals surface area contributed by atoms with Gasteiger partial charge in [-0.15, -0.1) is 0 Å². The van der Waals surface area contributed by atoms with E-state index < -0.39 is 5.97 Å². The first-order chi connectivity index (χ1) is 6.72. The number of carbonyl (C=O) groups excluding carboxylic acids is 1. The van der Waals surface area contributed by atoms with E-state index >= 15 is 0 Å². The van der Waals surface area contributed by atoms with Gasteiger partial charge in [0, 0.05) is 11.8 Å². The fraction of sp³-hybridized carbons (Fsp3) is 0.222. The van der Waals surface area contributed by atoms with Gasteiger partial charge in [0.2, 0.25) is 0 Å². The third kappa shape index (κ3) is 1.22. The third-order valence-electron chi connectivity index (χ3n) is 1.88. The van der Waals surface area contributed by atoms with Crippen LogP contribution in [0.3, 0.4) is 0 Å². The van der Waals surface area contributed by atoms with Crippen LogP contribution >= 0.6 is 0 Å². The Balaban J connectivity index is 2.72. The maximum absolute atomic E-state index is 11.4. The molecule has 0 saturated carbocycles. The lowest BCUT2D eigenvalue weighted by Crippen LogP contribution is -2.10. The van der Waals surface area contributed by atoms with Crippen molar-refractivity contribution in [2.45, 2.75) is 6.92 Å². The molecule has 0 saturated heterocycles. The monoisotopic (exact) mass is 191 g/mol. The standard InChI is InChI=1S/C9H9N3O2/c1-6-5-7(9(13)14-2)12-8(11-6)3-4-10-12/h3-5H,1-2H3. The predicted octanol–water partition coefficient (Wildman–Crippen LogP) is 0.824. The van der Waals surface area contributed by atoms with Crippen molar-refractivity contribution in [3.8, 4) is 0 Å². The van der Waals surface area contributed by atoms with Gasteiger partial charge in [-0.25, -0.2) is 14.3 Å². The smallest absolute Gasteiger partial charge is 0.356 e. The van der Waals surface area contributed by atoms with Crippen molar-refractivity contribution >= 4 is 11.6 Å². The zero-order valence-corrected chi connectivity index (χ0v) is 7.89. The maximum Gasteiger partial charge on any atom is 0.356 e. The fourth-order valence-corrected chi connectivity index (χ4v) is 1.29. The van der Waals surface area contributed by atoms with E-state index in [9.17, 15) is 4.79 Å². The lowest BCUT2D eigenvalue weighted by molar-refractivity contribution is 0.0590. The second kappa shape index (κ2) is 3.10. The quantitative estimate of drug-likeness (QED) is 0.626. The summed E-state index contributed by atoms with van der Waals surface area (Å²) in [5, 5.41) is 3.98. The number of esters is 1. The first-order valence-electron chi connectivity index (χ1n) is 4.12. The van der Waals surface area contributed by atoms with Crippen molar-refractivity contribution < 1.29 is 9.53 Å². The Labute approximate surface area is 80.3 Å². The Bertz CT molecular complexity index is 490. The molecule has 2 aromatic rings. The summed E-state index contributed by atoms with van der Waals surface area (Å²) in [7, 11) is 1.34. The van der Waals surface area contributed by atoms with E-state index in [1.165, 1.54) is 11.6 Å². The van der Waals surface area contributed by atoms with E-state index in [4.69, 9.17) is 0 Å². The number of nitrogens with zero attached hydrogens (tertiary/aromatic N) is 3. The SMILES string of the molecule is COC(=O)c1cc(C)nc2ccnn12. The molecule has 0 N–H and O–H groups in total. The topological polar surface area (TPSA) is 56.5 Å². The average molecular weight is 191 g/mol. The highest BCUT2D eigenvalue weighted by Crippen LogP contribution is 2.07. The zero-order chi connectivity index (χ0) is 10.1. The minimum absolute atomic E-state index is 0.389. The van der Waals surface area contributed by atoms with Crippen LogP contribution in [0, 0.1) is 6.92 Å². The molecule has 5 heteroatoms. The molecule has 2 aromatic heterocycles. The van der Waals surface area contributed by atoms with E-state index in [0.717, 1.165) is 5.69 Å². The summed E-state index contributed by atoms with van der Waals surface area (Å²) < 4.78 is 6.10. The summed E-state index contributed by atoms with van der Waals surface area (Å²) >= 11 is 0. The van der Waals surface area contributed by atoms with Crippen LogP contribution in [0.25, 0.3) is 5.65 Å². The Hall–Kier alpha value is -1.91. The second-order valence-electron chi connectivity index (χ2n) is 2.88. The third-order valence-corrected chi connectivity index (χ3v) is 1.88. The molecule has 72 valence electrons. The van der Waals surface area contributed by atoms with Crippen LogP contribution in [-0.2, 0) is 4.74 Å². The minimum Gasteiger partial charge on any atom is -0.464 e. The first kappa shape index (κ1) is 8.68. The number of carbonyl (C=O) groups is 1. The lowest BCUT2D eigenvalue weighted by Gasteiger charge is -2.03. The van der Waals surface area contributed by atoms with E-state index in [2.05, 4.69) is 14.8 Å². The average Bonchev–Trinajstić information content (AvgIpc) is 2.62. The Morgan fingerprint density at radius 3 is 3.07 bits per heavy atom. The highest BCUT2D eigenvalue weighted by atomic mass is 16.5. The molecule has 5 nitrogen and oxygen atoms in total. The molecule has 0 atom stereocenters. The van der Waals surface area contributed by atoms with Gasteiger partial charge in [0.05, 0.1) is 13.3 Å². The van der Waals surface area contributed by atoms with Gasteiger partial charge in [-0.1, -0.05) is 0 Å². The number of fused-ring (bicyclic) bond motifs is 1. The van der Waals surface area contributed by atoms with E-state index in [-0.39, 0.29) is 0 Å². The molecule has 0 aromatic carbocycles. The number of methoxy groups -OCH3 is 1. The molecule has 2 rings (SSSR count). The Morgan fingerprint density at radius 1 is 1.57 bits per heavy atom. The predicted molar refractivity (Wildman–Crippen MR) is 49.1 cm³/mol. The van der Waals surface area contributed by atoms with Gasteiger partial charge in [-0.2, -0.15) is 5.10 Å². The van der Waals surface area contributed by atoms with Crippen LogP contribution in [0.2, 0.25) is 0 Å². The number of rotatable bonds is 1. The van der Waals surface area contributed by atoms with Crippen molar-refractivity contribution in [1.29, 1.82) is 0 Å². The van der Waals surface area contributed by atoms with E-state index in [0.29, 0.717) is 11.3 Å². The molecule has 0 amide bonds. The normalized spacial score (nSPS) is 10.4. The van der Waals surface area contributed by atoms with Crippen LogP contribution in [0.1, 0.15) is 16.2 Å². The van der Waals surface area contributed by atoms with E-state index in [1.807, 2.05) is 6.92 Å². The second-order valence-corrected chi connectivity index (χ2v) is 2.88. The lowest BCUT2D eigenvalue weighted by atomic mass is 10.3. The molecule has 0 bridgehead atoms. The van der Waals surface area contributed by atoms with Crippen LogP contribution < -0.4 is 0 Å². The molecule has 0 aliphatic rings. The molecule has 0 fully saturated rings. The minimum atomic E-state index is -0.413. The summed E-state index contributed by atoms with van der Waals surface area (Å²) in [5.74, 6) is -0.413. The van der Waals surface area contributed by atoms with Gasteiger partial charge in [-0.05, 0) is 13.0 Å². The van der Waals surface area contributed by atoms with Crippen molar-refractivity contribution in [2.24, 2.45) is 0 Å². The van der Waals surface area contributed by atoms with Gasteiger partial charge >= 0.3 is 5.97 Å². The molecule has 14 heavy (non-hydrogen) atoms. The van der Waals surface area contributed by atoms with Crippen molar-refractivity contribution in [2.75, 3.05) is 7.11 Å². The number of aromatic nitrogens is 3. The largest absolute Gasteiger partial charge is 0.464 e. The number of hydrogen-bond donors (Lipinski definition) is 0. The van der Waals surface area contributed by atoms with Crippen molar-refractivity contribution in [3.63, 3.8) is 0 Å². The molecular weight excluding hydrogens is 182 g/mol. The molecule has 0 spiro atoms. The number of ether oxygens (including phenoxy) is 1. The zero-order valence-electron chi connectivity index (χ0n) is 7.89. The van der Waals surface area contributed by atoms with Crippen LogP contribution in [0.15, 0.2) is 18.3 Å². The molecule has 2 heterocycles. The number of hydrogen-bond acceptors (Lipinski definition) is 4. The molecule has 0 unspecified atom stereocenters. The van der Waals surface area contributed by atoms with Gasteiger partial charge in [-0.3, -0.25) is 0 Å². The maximum atomic E-state index is 11.4. The molecule has 0 radical (unpaired) electrons. The summed E-state index contributed by atoms with van der Waals surface area (Å²) in [5.41, 5.74) is 1.80. The van der Waals surface area contributed by atoms with Crippen LogP contribution in [0.5, 0.6) is 0 Å². The van der Waals surface area contributed by atoms with E-state index in [1.54, 1.807) is 18.3 Å². The summed E-state index contributed by atoms with van der Waals surface area (Å²) in [6, 6.07) is 3.38.